The van der Waals surface area contributed by atoms with Crippen molar-refractivity contribution >= 4 is 39.6 Å². The van der Waals surface area contributed by atoms with Gasteiger partial charge in [-0.1, -0.05) is 51.8 Å². The molecule has 1 amide bonds. The summed E-state index contributed by atoms with van der Waals surface area (Å²) >= 11 is 9.25. The van der Waals surface area contributed by atoms with Gasteiger partial charge in [0.2, 0.25) is 0 Å². The largest absolute Gasteiger partial charge is 0.464 e. The van der Waals surface area contributed by atoms with E-state index < -0.39 is 18.1 Å². The van der Waals surface area contributed by atoms with E-state index in [0.29, 0.717) is 11.4 Å². The van der Waals surface area contributed by atoms with Crippen LogP contribution in [0.3, 0.4) is 0 Å². The number of hydrogen-bond acceptors (Lipinski definition) is 4. The van der Waals surface area contributed by atoms with Crippen LogP contribution in [0.25, 0.3) is 0 Å². The first kappa shape index (κ1) is 21.3. The Kier molecular flexibility index (Phi) is 8.61. The van der Waals surface area contributed by atoms with Crippen LogP contribution in [0.1, 0.15) is 18.1 Å². The summed E-state index contributed by atoms with van der Waals surface area (Å²) < 4.78 is 11.2. The molecule has 0 spiro atoms. The van der Waals surface area contributed by atoms with Gasteiger partial charge in [0.15, 0.2) is 0 Å². The van der Waals surface area contributed by atoms with Crippen LogP contribution in [-0.2, 0) is 27.1 Å². The first-order valence-electron chi connectivity index (χ1n) is 8.56. The Balaban J connectivity index is 1.88. The van der Waals surface area contributed by atoms with E-state index >= 15 is 0 Å². The minimum Gasteiger partial charge on any atom is -0.464 e. The fourth-order valence-corrected chi connectivity index (χ4v) is 2.78. The molecule has 1 N–H and O–H groups in total. The number of hydrogen-bond donors (Lipinski definition) is 1. The lowest BCUT2D eigenvalue weighted by molar-refractivity contribution is -0.145. The maximum absolute atomic E-state index is 12.2. The number of alkyl carbamates (subject to hydrolysis) is 1. The molecule has 2 rings (SSSR count). The fraction of sp³-hybridized carbons (Fsp3) is 0.300. The number of ether oxygens (including phenoxy) is 2. The predicted molar refractivity (Wildman–Crippen MR) is 108 cm³/mol. The highest BCUT2D eigenvalue weighted by Gasteiger charge is 2.23. The van der Waals surface area contributed by atoms with Crippen molar-refractivity contribution in [2.24, 2.45) is 0 Å². The number of benzene rings is 2. The van der Waals surface area contributed by atoms with Crippen molar-refractivity contribution in [1.82, 2.24) is 5.32 Å². The molecule has 0 radical (unpaired) electrons. The second-order valence-electron chi connectivity index (χ2n) is 5.79. The summed E-state index contributed by atoms with van der Waals surface area (Å²) in [5, 5.41) is 3.19. The third-order valence-electron chi connectivity index (χ3n) is 3.75. The molecule has 0 bridgehead atoms. The van der Waals surface area contributed by atoms with E-state index in [1.54, 1.807) is 31.2 Å². The Bertz CT molecular complexity index is 750. The summed E-state index contributed by atoms with van der Waals surface area (Å²) in [6.07, 6.45) is 0.221. The van der Waals surface area contributed by atoms with Gasteiger partial charge in [-0.2, -0.15) is 0 Å². The highest BCUT2D eigenvalue weighted by molar-refractivity contribution is 9.10. The number of carbonyl (C=O) groups excluding carboxylic acids is 2. The van der Waals surface area contributed by atoms with Crippen LogP contribution in [0.4, 0.5) is 4.79 Å². The summed E-state index contributed by atoms with van der Waals surface area (Å²) in [4.78, 5) is 24.2. The molecule has 144 valence electrons. The van der Waals surface area contributed by atoms with Gasteiger partial charge in [-0.25, -0.2) is 9.59 Å². The van der Waals surface area contributed by atoms with Gasteiger partial charge < -0.3 is 14.8 Å². The van der Waals surface area contributed by atoms with Gasteiger partial charge in [-0.3, -0.25) is 0 Å². The smallest absolute Gasteiger partial charge is 0.407 e. The number of rotatable bonds is 8. The summed E-state index contributed by atoms with van der Waals surface area (Å²) in [7, 11) is 0. The number of esters is 1. The van der Waals surface area contributed by atoms with Crippen molar-refractivity contribution in [2.75, 3.05) is 13.2 Å². The average Bonchev–Trinajstić information content (AvgIpc) is 2.65. The van der Waals surface area contributed by atoms with E-state index in [1.807, 2.05) is 24.3 Å². The zero-order valence-corrected chi connectivity index (χ0v) is 17.3. The number of amides is 1. The summed E-state index contributed by atoms with van der Waals surface area (Å²) in [6, 6.07) is 14.0. The molecule has 0 aliphatic heterocycles. The molecule has 0 heterocycles. The summed E-state index contributed by atoms with van der Waals surface area (Å²) in [5.74, 6) is -0.502. The van der Waals surface area contributed by atoms with E-state index in [0.717, 1.165) is 15.6 Å². The van der Waals surface area contributed by atoms with Gasteiger partial charge in [0.1, 0.15) is 6.04 Å². The molecule has 0 saturated heterocycles. The molecular weight excluding hydrogens is 434 g/mol. The number of carbonyl (C=O) groups is 2. The Labute approximate surface area is 172 Å². The lowest BCUT2D eigenvalue weighted by Gasteiger charge is -2.17. The van der Waals surface area contributed by atoms with Crippen molar-refractivity contribution in [1.29, 1.82) is 0 Å². The lowest BCUT2D eigenvalue weighted by Crippen LogP contribution is -2.43. The monoisotopic (exact) mass is 453 g/mol. The van der Waals surface area contributed by atoms with Gasteiger partial charge in [0.05, 0.1) is 13.2 Å². The van der Waals surface area contributed by atoms with Gasteiger partial charge in [0, 0.05) is 22.3 Å². The van der Waals surface area contributed by atoms with E-state index in [-0.39, 0.29) is 19.6 Å². The zero-order valence-electron chi connectivity index (χ0n) is 14.9. The van der Waals surface area contributed by atoms with Crippen molar-refractivity contribution in [3.8, 4) is 0 Å². The first-order valence-corrected chi connectivity index (χ1v) is 9.74. The number of nitrogens with one attached hydrogen (secondary N) is 1. The molecule has 5 nitrogen and oxygen atoms in total. The van der Waals surface area contributed by atoms with E-state index in [9.17, 15) is 9.59 Å². The molecule has 0 aliphatic rings. The van der Waals surface area contributed by atoms with E-state index in [4.69, 9.17) is 21.1 Å². The molecule has 1 unspecified atom stereocenters. The molecule has 2 aromatic carbocycles. The Hall–Kier alpha value is -2.05. The summed E-state index contributed by atoms with van der Waals surface area (Å²) in [5.41, 5.74) is 1.90. The van der Waals surface area contributed by atoms with E-state index in [2.05, 4.69) is 21.2 Å². The predicted octanol–water partition coefficient (Wildman–Crippen LogP) is 4.55. The lowest BCUT2D eigenvalue weighted by atomic mass is 10.1. The first-order chi connectivity index (χ1) is 13.0. The fourth-order valence-electron chi connectivity index (χ4n) is 2.39. The van der Waals surface area contributed by atoms with Crippen LogP contribution in [0.5, 0.6) is 0 Å². The molecule has 0 aliphatic carbocycles. The minimum absolute atomic E-state index is 0.212. The van der Waals surface area contributed by atoms with Crippen LogP contribution in [-0.4, -0.2) is 31.3 Å². The second-order valence-corrected chi connectivity index (χ2v) is 7.14. The Morgan fingerprint density at radius 3 is 2.30 bits per heavy atom. The van der Waals surface area contributed by atoms with Gasteiger partial charge in [-0.15, -0.1) is 0 Å². The number of halogens is 2. The molecule has 27 heavy (non-hydrogen) atoms. The van der Waals surface area contributed by atoms with Crippen molar-refractivity contribution in [3.63, 3.8) is 0 Å². The molecule has 0 aromatic heterocycles. The maximum atomic E-state index is 12.2. The maximum Gasteiger partial charge on any atom is 0.407 e. The van der Waals surface area contributed by atoms with Crippen LogP contribution in [0.15, 0.2) is 53.0 Å². The summed E-state index contributed by atoms with van der Waals surface area (Å²) in [6.45, 7) is 2.16. The minimum atomic E-state index is -0.827. The molecule has 7 heteroatoms. The SMILES string of the molecule is CCOC(=O)C(Cc1ccc(Cl)cc1)NC(=O)OCCc1ccc(Br)cc1. The van der Waals surface area contributed by atoms with Crippen molar-refractivity contribution < 1.29 is 19.1 Å². The van der Waals surface area contributed by atoms with Crippen LogP contribution in [0.2, 0.25) is 5.02 Å². The van der Waals surface area contributed by atoms with Crippen LogP contribution >= 0.6 is 27.5 Å². The Morgan fingerprint density at radius 1 is 1.04 bits per heavy atom. The van der Waals surface area contributed by atoms with Gasteiger partial charge >= 0.3 is 12.1 Å². The molecule has 0 saturated carbocycles. The molecule has 2 aromatic rings. The second kappa shape index (κ2) is 10.9. The van der Waals surface area contributed by atoms with Gasteiger partial charge in [-0.05, 0) is 42.3 Å². The van der Waals surface area contributed by atoms with Crippen molar-refractivity contribution in [3.05, 3.63) is 69.2 Å². The topological polar surface area (TPSA) is 64.6 Å². The third-order valence-corrected chi connectivity index (χ3v) is 4.53. The van der Waals surface area contributed by atoms with E-state index in [1.165, 1.54) is 0 Å². The standard InChI is InChI=1S/C20H21BrClNO4/c1-2-26-19(24)18(13-15-5-9-17(22)10-6-15)23-20(25)27-12-11-14-3-7-16(21)8-4-14/h3-10,18H,2,11-13H2,1H3,(H,23,25). The highest BCUT2D eigenvalue weighted by atomic mass is 79.9. The quantitative estimate of drug-likeness (QED) is 0.595. The highest BCUT2D eigenvalue weighted by Crippen LogP contribution is 2.12. The third kappa shape index (κ3) is 7.61. The van der Waals surface area contributed by atoms with Crippen molar-refractivity contribution in [2.45, 2.75) is 25.8 Å². The Morgan fingerprint density at radius 2 is 1.67 bits per heavy atom. The van der Waals surface area contributed by atoms with Crippen LogP contribution < -0.4 is 5.32 Å². The molecule has 1 atom stereocenters. The molecule has 0 fully saturated rings. The normalized spacial score (nSPS) is 11.5. The van der Waals surface area contributed by atoms with Crippen LogP contribution in [0, 0.1) is 0 Å². The molecular formula is C20H21BrClNO4. The average molecular weight is 455 g/mol. The zero-order chi connectivity index (χ0) is 19.6. The van der Waals surface area contributed by atoms with Gasteiger partial charge in [0.25, 0.3) is 0 Å².